The minimum atomic E-state index is -0.564. The van der Waals surface area contributed by atoms with Crippen LogP contribution in [0.5, 0.6) is 0 Å². The Hall–Kier alpha value is -2.36. The predicted octanol–water partition coefficient (Wildman–Crippen LogP) is 5.92. The van der Waals surface area contributed by atoms with E-state index < -0.39 is 11.9 Å². The molecular formula is C26H42N2O2. The van der Waals surface area contributed by atoms with Crippen molar-refractivity contribution in [1.82, 2.24) is 5.32 Å². The molecule has 0 bridgehead atoms. The highest BCUT2D eigenvalue weighted by molar-refractivity contribution is 5.86. The van der Waals surface area contributed by atoms with Crippen LogP contribution in [0.3, 0.4) is 0 Å². The summed E-state index contributed by atoms with van der Waals surface area (Å²) in [4.78, 5) is 23.3. The van der Waals surface area contributed by atoms with Crippen molar-refractivity contribution in [3.8, 4) is 0 Å². The molecule has 0 heterocycles. The van der Waals surface area contributed by atoms with Crippen molar-refractivity contribution < 1.29 is 9.59 Å². The Labute approximate surface area is 184 Å². The topological polar surface area (TPSA) is 72.2 Å². The van der Waals surface area contributed by atoms with E-state index in [0.717, 1.165) is 44.9 Å². The number of nitrogens with one attached hydrogen (secondary N) is 1. The molecule has 1 atom stereocenters. The van der Waals surface area contributed by atoms with Crippen LogP contribution >= 0.6 is 0 Å². The van der Waals surface area contributed by atoms with Gasteiger partial charge in [0.15, 0.2) is 0 Å². The highest BCUT2D eigenvalue weighted by atomic mass is 16.2. The molecule has 0 fully saturated rings. The van der Waals surface area contributed by atoms with Gasteiger partial charge in [-0.25, -0.2) is 0 Å². The van der Waals surface area contributed by atoms with Crippen LogP contribution in [0.1, 0.15) is 78.6 Å². The first kappa shape index (κ1) is 27.6. The van der Waals surface area contributed by atoms with Gasteiger partial charge >= 0.3 is 0 Å². The van der Waals surface area contributed by atoms with Crippen LogP contribution in [0, 0.1) is 5.92 Å². The molecule has 0 aliphatic rings. The summed E-state index contributed by atoms with van der Waals surface area (Å²) in [6.07, 6.45) is 29.3. The fourth-order valence-corrected chi connectivity index (χ4v) is 2.73. The van der Waals surface area contributed by atoms with E-state index in [4.69, 9.17) is 5.73 Å². The van der Waals surface area contributed by atoms with E-state index in [1.54, 1.807) is 0 Å². The molecule has 0 aliphatic heterocycles. The Kier molecular flexibility index (Phi) is 18.4. The Morgan fingerprint density at radius 3 is 1.70 bits per heavy atom. The summed E-state index contributed by atoms with van der Waals surface area (Å²) in [6.45, 7) is 6.15. The van der Waals surface area contributed by atoms with Crippen LogP contribution in [-0.4, -0.2) is 17.9 Å². The van der Waals surface area contributed by atoms with Gasteiger partial charge in [-0.2, -0.15) is 0 Å². The molecule has 1 unspecified atom stereocenters. The van der Waals surface area contributed by atoms with Crippen molar-refractivity contribution in [3.05, 3.63) is 60.8 Å². The van der Waals surface area contributed by atoms with Gasteiger partial charge in [0.2, 0.25) is 11.8 Å². The molecule has 30 heavy (non-hydrogen) atoms. The lowest BCUT2D eigenvalue weighted by molar-refractivity contribution is -0.127. The average molecular weight is 415 g/mol. The van der Waals surface area contributed by atoms with E-state index in [1.165, 1.54) is 0 Å². The standard InChI is InChI=1S/C26H42N2O2/c1-4-5-6-7-8-9-10-11-12-13-14-15-16-17-18-19-20-21-25(29)28-24(26(27)30)22-23(2)3/h5-6,8-9,11-12,14-15,17-18,23-24H,4,7,10,13,16,19-22H2,1-3H3,(H2,27,30)(H,28,29)/b6-5-,9-8-,12-11-,15-14-,18-17-. The van der Waals surface area contributed by atoms with E-state index >= 15 is 0 Å². The molecule has 0 radical (unpaired) electrons. The van der Waals surface area contributed by atoms with Crippen molar-refractivity contribution in [3.63, 3.8) is 0 Å². The van der Waals surface area contributed by atoms with Gasteiger partial charge in [0.25, 0.3) is 0 Å². The third-order valence-electron chi connectivity index (χ3n) is 4.32. The minimum Gasteiger partial charge on any atom is -0.368 e. The number of amides is 2. The highest BCUT2D eigenvalue weighted by Crippen LogP contribution is 2.06. The second-order valence-electron chi connectivity index (χ2n) is 7.75. The zero-order valence-corrected chi connectivity index (χ0v) is 19.2. The summed E-state index contributed by atoms with van der Waals surface area (Å²) < 4.78 is 0. The number of hydrogen-bond acceptors (Lipinski definition) is 2. The normalized spacial score (nSPS) is 13.6. The molecule has 0 aromatic heterocycles. The van der Waals surface area contributed by atoms with E-state index in [1.807, 2.05) is 13.8 Å². The van der Waals surface area contributed by atoms with Gasteiger partial charge in [-0.05, 0) is 57.3 Å². The van der Waals surface area contributed by atoms with Crippen LogP contribution < -0.4 is 11.1 Å². The largest absolute Gasteiger partial charge is 0.368 e. The fraction of sp³-hybridized carbons (Fsp3) is 0.538. The second kappa shape index (κ2) is 19.9. The molecule has 0 saturated carbocycles. The smallest absolute Gasteiger partial charge is 0.240 e. The Morgan fingerprint density at radius 1 is 0.800 bits per heavy atom. The number of allylic oxidation sites excluding steroid dienone is 10. The van der Waals surface area contributed by atoms with Gasteiger partial charge in [0.1, 0.15) is 6.04 Å². The van der Waals surface area contributed by atoms with Crippen molar-refractivity contribution in [2.24, 2.45) is 11.7 Å². The van der Waals surface area contributed by atoms with Gasteiger partial charge in [-0.3, -0.25) is 9.59 Å². The maximum atomic E-state index is 11.9. The first-order chi connectivity index (χ1) is 14.5. The number of rotatable bonds is 17. The van der Waals surface area contributed by atoms with Crippen LogP contribution in [0.2, 0.25) is 0 Å². The summed E-state index contributed by atoms with van der Waals surface area (Å²) in [5.41, 5.74) is 5.35. The quantitative estimate of drug-likeness (QED) is 0.229. The lowest BCUT2D eigenvalue weighted by atomic mass is 10.0. The molecule has 0 rings (SSSR count). The summed E-state index contributed by atoms with van der Waals surface area (Å²) in [7, 11) is 0. The van der Waals surface area contributed by atoms with Crippen LogP contribution in [-0.2, 0) is 9.59 Å². The molecule has 4 heteroatoms. The van der Waals surface area contributed by atoms with E-state index in [0.29, 0.717) is 18.8 Å². The number of unbranched alkanes of at least 4 members (excludes halogenated alkanes) is 1. The lowest BCUT2D eigenvalue weighted by Crippen LogP contribution is -2.45. The van der Waals surface area contributed by atoms with Gasteiger partial charge < -0.3 is 11.1 Å². The molecule has 0 aliphatic carbocycles. The van der Waals surface area contributed by atoms with Crippen molar-refractivity contribution in [2.75, 3.05) is 0 Å². The number of hydrogen-bond donors (Lipinski definition) is 2. The number of primary amides is 1. The van der Waals surface area contributed by atoms with E-state index in [2.05, 4.69) is 73.0 Å². The maximum Gasteiger partial charge on any atom is 0.240 e. The maximum absolute atomic E-state index is 11.9. The van der Waals surface area contributed by atoms with Crippen molar-refractivity contribution in [1.29, 1.82) is 0 Å². The Balaban J connectivity index is 3.76. The third kappa shape index (κ3) is 19.0. The Morgan fingerprint density at radius 2 is 1.27 bits per heavy atom. The number of nitrogens with two attached hydrogens (primary N) is 1. The zero-order chi connectivity index (χ0) is 22.5. The number of carbonyl (C=O) groups excluding carboxylic acids is 2. The zero-order valence-electron chi connectivity index (χ0n) is 19.2. The predicted molar refractivity (Wildman–Crippen MR) is 129 cm³/mol. The monoisotopic (exact) mass is 414 g/mol. The molecule has 168 valence electrons. The summed E-state index contributed by atoms with van der Waals surface area (Å²) in [6, 6.07) is -0.564. The van der Waals surface area contributed by atoms with Gasteiger partial charge in [-0.1, -0.05) is 81.5 Å². The van der Waals surface area contributed by atoms with Gasteiger partial charge in [-0.15, -0.1) is 0 Å². The molecule has 3 N–H and O–H groups in total. The molecule has 2 amide bonds. The van der Waals surface area contributed by atoms with Crippen LogP contribution in [0.15, 0.2) is 60.8 Å². The fourth-order valence-electron chi connectivity index (χ4n) is 2.73. The minimum absolute atomic E-state index is 0.105. The first-order valence-corrected chi connectivity index (χ1v) is 11.3. The Bertz CT molecular complexity index is 598. The number of carbonyl (C=O) groups is 2. The summed E-state index contributed by atoms with van der Waals surface area (Å²) in [5, 5.41) is 2.74. The average Bonchev–Trinajstić information content (AvgIpc) is 2.69. The SMILES string of the molecule is CC/C=C\C/C=C\C/C=C\C/C=C\C/C=C\CCCC(=O)NC(CC(C)C)C(N)=O. The first-order valence-electron chi connectivity index (χ1n) is 11.3. The second-order valence-corrected chi connectivity index (χ2v) is 7.75. The van der Waals surface area contributed by atoms with Crippen LogP contribution in [0.25, 0.3) is 0 Å². The summed E-state index contributed by atoms with van der Waals surface area (Å²) >= 11 is 0. The van der Waals surface area contributed by atoms with Crippen molar-refractivity contribution >= 4 is 11.8 Å². The van der Waals surface area contributed by atoms with Crippen LogP contribution in [0.4, 0.5) is 0 Å². The molecule has 0 saturated heterocycles. The molecule has 4 nitrogen and oxygen atoms in total. The molecule has 0 aromatic rings. The van der Waals surface area contributed by atoms with Gasteiger partial charge in [0.05, 0.1) is 0 Å². The van der Waals surface area contributed by atoms with E-state index in [-0.39, 0.29) is 5.91 Å². The highest BCUT2D eigenvalue weighted by Gasteiger charge is 2.18. The molecule has 0 spiro atoms. The molecule has 0 aromatic carbocycles. The molecular weight excluding hydrogens is 372 g/mol. The lowest BCUT2D eigenvalue weighted by Gasteiger charge is -2.17. The van der Waals surface area contributed by atoms with Gasteiger partial charge in [0, 0.05) is 6.42 Å². The summed E-state index contributed by atoms with van der Waals surface area (Å²) in [5.74, 6) is -0.259. The van der Waals surface area contributed by atoms with Crippen molar-refractivity contribution in [2.45, 2.75) is 84.6 Å². The third-order valence-corrected chi connectivity index (χ3v) is 4.32. The van der Waals surface area contributed by atoms with E-state index in [9.17, 15) is 9.59 Å².